The Morgan fingerprint density at radius 2 is 1.92 bits per heavy atom. The van der Waals surface area contributed by atoms with E-state index in [9.17, 15) is 14.0 Å². The fraction of sp³-hybridized carbons (Fsp3) is 0.389. The molecule has 0 aliphatic rings. The summed E-state index contributed by atoms with van der Waals surface area (Å²) in [5.74, 6) is -1.89. The smallest absolute Gasteiger partial charge is 0.317 e. The molecule has 6 nitrogen and oxygen atoms in total. The van der Waals surface area contributed by atoms with Gasteiger partial charge in [0.1, 0.15) is 10.8 Å². The number of halogens is 1. The number of carbonyl (C=O) groups excluding carboxylic acids is 1. The number of carboxylic acids is 1. The molecule has 8 heteroatoms. The number of rotatable bonds is 6. The van der Waals surface area contributed by atoms with Crippen molar-refractivity contribution in [3.05, 3.63) is 40.7 Å². The van der Waals surface area contributed by atoms with Crippen LogP contribution in [0, 0.1) is 18.7 Å². The van der Waals surface area contributed by atoms with Gasteiger partial charge >= 0.3 is 12.0 Å². The van der Waals surface area contributed by atoms with Gasteiger partial charge in [0, 0.05) is 19.2 Å². The van der Waals surface area contributed by atoms with Crippen LogP contribution in [0.25, 0.3) is 10.6 Å². The van der Waals surface area contributed by atoms with Gasteiger partial charge in [0.25, 0.3) is 0 Å². The fourth-order valence-corrected chi connectivity index (χ4v) is 3.53. The standard InChI is InChI=1S/C18H22FN3O3S/c1-10(17(23)24)9-22(4)18(25)21-12(3)15-11(2)20-16(26-15)13-5-7-14(19)8-6-13/h5-8,10,12H,9H2,1-4H3,(H,21,25)(H,23,24). The van der Waals surface area contributed by atoms with E-state index in [0.29, 0.717) is 0 Å². The molecule has 2 aromatic rings. The summed E-state index contributed by atoms with van der Waals surface area (Å²) in [4.78, 5) is 30.0. The second kappa shape index (κ2) is 8.27. The number of nitrogens with one attached hydrogen (secondary N) is 1. The summed E-state index contributed by atoms with van der Waals surface area (Å²) < 4.78 is 13.1. The molecule has 140 valence electrons. The highest BCUT2D eigenvalue weighted by molar-refractivity contribution is 7.15. The highest BCUT2D eigenvalue weighted by atomic mass is 32.1. The molecule has 2 amide bonds. The van der Waals surface area contributed by atoms with Crippen molar-refractivity contribution < 1.29 is 19.1 Å². The lowest BCUT2D eigenvalue weighted by Gasteiger charge is -2.22. The van der Waals surface area contributed by atoms with Crippen LogP contribution >= 0.6 is 11.3 Å². The Balaban J connectivity index is 2.07. The monoisotopic (exact) mass is 379 g/mol. The first kappa shape index (κ1) is 19.8. The van der Waals surface area contributed by atoms with Crippen molar-refractivity contribution in [2.75, 3.05) is 13.6 Å². The molecule has 0 saturated carbocycles. The summed E-state index contributed by atoms with van der Waals surface area (Å²) in [6.45, 7) is 5.38. The third-order valence-electron chi connectivity index (χ3n) is 3.97. The van der Waals surface area contributed by atoms with Gasteiger partial charge in [-0.25, -0.2) is 14.2 Å². The summed E-state index contributed by atoms with van der Waals surface area (Å²) in [5.41, 5.74) is 1.61. The van der Waals surface area contributed by atoms with Gasteiger partial charge < -0.3 is 15.3 Å². The number of benzene rings is 1. The SMILES string of the molecule is Cc1nc(-c2ccc(F)cc2)sc1C(C)NC(=O)N(C)CC(C)C(=O)O. The summed E-state index contributed by atoms with van der Waals surface area (Å²) >= 11 is 1.44. The van der Waals surface area contributed by atoms with Gasteiger partial charge in [0.2, 0.25) is 0 Å². The average molecular weight is 379 g/mol. The molecule has 0 saturated heterocycles. The number of carboxylic acid groups (broad SMARTS) is 1. The quantitative estimate of drug-likeness (QED) is 0.802. The molecule has 2 unspecified atom stereocenters. The number of aliphatic carboxylic acids is 1. The lowest BCUT2D eigenvalue weighted by molar-refractivity contribution is -0.141. The zero-order chi connectivity index (χ0) is 19.4. The van der Waals surface area contributed by atoms with Gasteiger partial charge in [0.05, 0.1) is 22.5 Å². The minimum Gasteiger partial charge on any atom is -0.481 e. The Morgan fingerprint density at radius 1 is 1.31 bits per heavy atom. The number of urea groups is 1. The first-order chi connectivity index (χ1) is 12.2. The molecule has 0 spiro atoms. The molecule has 2 N–H and O–H groups in total. The summed E-state index contributed by atoms with van der Waals surface area (Å²) in [6.07, 6.45) is 0. The average Bonchev–Trinajstić information content (AvgIpc) is 2.97. The van der Waals surface area contributed by atoms with E-state index in [4.69, 9.17) is 5.11 Å². The van der Waals surface area contributed by atoms with Gasteiger partial charge in [-0.2, -0.15) is 0 Å². The maximum absolute atomic E-state index is 13.1. The molecular weight excluding hydrogens is 357 g/mol. The van der Waals surface area contributed by atoms with Gasteiger partial charge in [-0.05, 0) is 38.1 Å². The predicted octanol–water partition coefficient (Wildman–Crippen LogP) is 3.68. The molecule has 0 aliphatic heterocycles. The number of hydrogen-bond acceptors (Lipinski definition) is 4. The predicted molar refractivity (Wildman–Crippen MR) is 98.6 cm³/mol. The second-order valence-corrected chi connectivity index (χ2v) is 7.30. The molecule has 0 aliphatic carbocycles. The highest BCUT2D eigenvalue weighted by Gasteiger charge is 2.21. The van der Waals surface area contributed by atoms with Crippen molar-refractivity contribution in [3.63, 3.8) is 0 Å². The van der Waals surface area contributed by atoms with Gasteiger partial charge in [-0.3, -0.25) is 4.79 Å². The van der Waals surface area contributed by atoms with Crippen molar-refractivity contribution in [1.29, 1.82) is 0 Å². The first-order valence-electron chi connectivity index (χ1n) is 8.16. The van der Waals surface area contributed by atoms with Crippen LogP contribution in [-0.4, -0.2) is 40.6 Å². The first-order valence-corrected chi connectivity index (χ1v) is 8.98. The van der Waals surface area contributed by atoms with Crippen LogP contribution in [0.1, 0.15) is 30.5 Å². The van der Waals surface area contributed by atoms with E-state index >= 15 is 0 Å². The highest BCUT2D eigenvalue weighted by Crippen LogP contribution is 2.31. The normalized spacial score (nSPS) is 13.1. The molecule has 0 fully saturated rings. The zero-order valence-electron chi connectivity index (χ0n) is 15.1. The van der Waals surface area contributed by atoms with Gasteiger partial charge in [-0.15, -0.1) is 11.3 Å². The van der Waals surface area contributed by atoms with Gasteiger partial charge in [0.15, 0.2) is 0 Å². The Bertz CT molecular complexity index is 791. The van der Waals surface area contributed by atoms with Crippen LogP contribution in [0.4, 0.5) is 9.18 Å². The molecular formula is C18H22FN3O3S. The topological polar surface area (TPSA) is 82.5 Å². The van der Waals surface area contributed by atoms with Crippen molar-refractivity contribution in [2.45, 2.75) is 26.8 Å². The van der Waals surface area contributed by atoms with E-state index in [1.807, 2.05) is 13.8 Å². The third-order valence-corrected chi connectivity index (χ3v) is 5.36. The van der Waals surface area contributed by atoms with E-state index in [2.05, 4.69) is 10.3 Å². The van der Waals surface area contributed by atoms with Crippen LogP contribution in [0.5, 0.6) is 0 Å². The Morgan fingerprint density at radius 3 is 2.50 bits per heavy atom. The van der Waals surface area contributed by atoms with E-state index < -0.39 is 11.9 Å². The Hall–Kier alpha value is -2.48. The largest absolute Gasteiger partial charge is 0.481 e. The third kappa shape index (κ3) is 4.78. The summed E-state index contributed by atoms with van der Waals surface area (Å²) in [5, 5.41) is 12.6. The van der Waals surface area contributed by atoms with Crippen LogP contribution < -0.4 is 5.32 Å². The number of aromatic nitrogens is 1. The van der Waals surface area contributed by atoms with Crippen molar-refractivity contribution in [3.8, 4) is 10.6 Å². The maximum atomic E-state index is 13.1. The Kier molecular flexibility index (Phi) is 6.31. The summed E-state index contributed by atoms with van der Waals surface area (Å²) in [6, 6.07) is 5.48. The maximum Gasteiger partial charge on any atom is 0.317 e. The minimum absolute atomic E-state index is 0.121. The Labute approximate surface area is 155 Å². The molecule has 0 radical (unpaired) electrons. The number of hydrogen-bond donors (Lipinski definition) is 2. The number of nitrogens with zero attached hydrogens (tertiary/aromatic N) is 2. The molecule has 2 atom stereocenters. The molecule has 1 heterocycles. The summed E-state index contributed by atoms with van der Waals surface area (Å²) in [7, 11) is 1.56. The molecule has 0 bridgehead atoms. The van der Waals surface area contributed by atoms with Crippen LogP contribution in [0.3, 0.4) is 0 Å². The molecule has 1 aromatic heterocycles. The number of aryl methyl sites for hydroxylation is 1. The lowest BCUT2D eigenvalue weighted by Crippen LogP contribution is -2.41. The minimum atomic E-state index is -0.945. The van der Waals surface area contributed by atoms with Crippen molar-refractivity contribution >= 4 is 23.3 Å². The molecule has 26 heavy (non-hydrogen) atoms. The number of thiazole rings is 1. The molecule has 1 aromatic carbocycles. The lowest BCUT2D eigenvalue weighted by atomic mass is 10.2. The van der Waals surface area contributed by atoms with E-state index in [-0.39, 0.29) is 24.4 Å². The van der Waals surface area contributed by atoms with Crippen LogP contribution in [0.2, 0.25) is 0 Å². The van der Waals surface area contributed by atoms with Crippen LogP contribution in [0.15, 0.2) is 24.3 Å². The van der Waals surface area contributed by atoms with Gasteiger partial charge in [-0.1, -0.05) is 6.92 Å². The zero-order valence-corrected chi connectivity index (χ0v) is 15.9. The second-order valence-electron chi connectivity index (χ2n) is 6.27. The van der Waals surface area contributed by atoms with E-state index in [0.717, 1.165) is 21.1 Å². The fourth-order valence-electron chi connectivity index (χ4n) is 2.46. The van der Waals surface area contributed by atoms with Crippen molar-refractivity contribution in [1.82, 2.24) is 15.2 Å². The van der Waals surface area contributed by atoms with E-state index in [1.54, 1.807) is 26.1 Å². The molecule has 2 rings (SSSR count). The number of amides is 2. The van der Waals surface area contributed by atoms with Crippen molar-refractivity contribution in [2.24, 2.45) is 5.92 Å². The van der Waals surface area contributed by atoms with Crippen LogP contribution in [-0.2, 0) is 4.79 Å². The number of carbonyl (C=O) groups is 2. The van der Waals surface area contributed by atoms with E-state index in [1.165, 1.54) is 28.4 Å².